The van der Waals surface area contributed by atoms with Crippen molar-refractivity contribution in [1.82, 2.24) is 5.48 Å². The molecule has 0 aromatic heterocycles. The minimum absolute atomic E-state index is 0. The number of rotatable bonds is 6. The molecule has 6 nitrogen and oxygen atoms in total. The van der Waals surface area contributed by atoms with Crippen LogP contribution in [0.25, 0.3) is 0 Å². The van der Waals surface area contributed by atoms with Gasteiger partial charge in [-0.2, -0.15) is 0 Å². The number of nitrogens with one attached hydrogen (secondary N) is 1. The van der Waals surface area contributed by atoms with E-state index in [9.17, 15) is 19.8 Å². The van der Waals surface area contributed by atoms with Gasteiger partial charge in [-0.25, -0.2) is 15.1 Å². The monoisotopic (exact) mass is 331 g/mol. The molecule has 0 spiro atoms. The molecule has 0 heterocycles. The van der Waals surface area contributed by atoms with Crippen LogP contribution in [-0.4, -0.2) is 131 Å². The maximum Gasteiger partial charge on any atom is 0.354 e. The Morgan fingerprint density at radius 2 is 1.80 bits per heavy atom. The third kappa shape index (κ3) is 5.52. The van der Waals surface area contributed by atoms with E-state index in [-0.39, 0.29) is 115 Å². The predicted octanol–water partition coefficient (Wildman–Crippen LogP) is 0.139. The quantitative estimate of drug-likeness (QED) is 0.390. The average molecular weight is 331 g/mol. The van der Waals surface area contributed by atoms with Crippen molar-refractivity contribution >= 4 is 115 Å². The van der Waals surface area contributed by atoms with Gasteiger partial charge in [0.1, 0.15) is 0 Å². The number of aryl methyl sites for hydroxylation is 1. The molecule has 0 aliphatic heterocycles. The first kappa shape index (κ1) is 23.6. The summed E-state index contributed by atoms with van der Waals surface area (Å²) in [5, 5.41) is 18.4. The van der Waals surface area contributed by atoms with Crippen LogP contribution in [0.3, 0.4) is 0 Å². The van der Waals surface area contributed by atoms with Gasteiger partial charge < -0.3 is 10.2 Å². The zero-order chi connectivity index (χ0) is 13.8. The molecule has 2 radical (unpaired) electrons. The molecule has 1 rings (SSSR count). The van der Waals surface area contributed by atoms with Gasteiger partial charge in [0.2, 0.25) is 0 Å². The molecule has 1 aromatic rings. The number of hydrogen-bond donors (Lipinski definition) is 3. The summed E-state index contributed by atoms with van der Waals surface area (Å²) in [7, 11) is 0. The second kappa shape index (κ2) is 11.0. The van der Waals surface area contributed by atoms with E-state index in [1.165, 1.54) is 12.1 Å². The molecule has 3 N–H and O–H groups in total. The van der Waals surface area contributed by atoms with Crippen molar-refractivity contribution in [2.75, 3.05) is 6.54 Å². The van der Waals surface area contributed by atoms with E-state index in [0.29, 0.717) is 0 Å². The molecule has 100 valence electrons. The van der Waals surface area contributed by atoms with Gasteiger partial charge in [-0.05, 0) is 6.92 Å². The number of benzene rings is 1. The predicted molar refractivity (Wildman–Crippen MR) is 74.4 cm³/mol. The number of carboxylic acid groups (broad SMARTS) is 2. The summed E-state index contributed by atoms with van der Waals surface area (Å²) in [4.78, 5) is 27.6. The molecule has 0 aliphatic rings. The Hall–Kier alpha value is 1.35. The van der Waals surface area contributed by atoms with Crippen LogP contribution < -0.4 is 5.48 Å². The zero-order valence-corrected chi connectivity index (χ0v) is 18.4. The Balaban J connectivity index is 0. The van der Waals surface area contributed by atoms with Gasteiger partial charge in [0.05, 0.1) is 0 Å². The van der Waals surface area contributed by atoms with Crippen molar-refractivity contribution in [3.63, 3.8) is 0 Å². The van der Waals surface area contributed by atoms with E-state index >= 15 is 0 Å². The fourth-order valence-electron chi connectivity index (χ4n) is 1.53. The molecular formula is C12H15K2NO5. The first-order valence-electron chi connectivity index (χ1n) is 5.40. The Labute approximate surface area is 202 Å². The molecule has 20 heavy (non-hydrogen) atoms. The van der Waals surface area contributed by atoms with Gasteiger partial charge in [0.15, 0.2) is 0 Å². The van der Waals surface area contributed by atoms with E-state index in [1.54, 1.807) is 26.0 Å². The summed E-state index contributed by atoms with van der Waals surface area (Å²) in [5.74, 6) is -3.16. The number of hydrogen-bond acceptors (Lipinski definition) is 4. The summed E-state index contributed by atoms with van der Waals surface area (Å²) < 4.78 is 0. The zero-order valence-electron chi connectivity index (χ0n) is 12.1. The molecule has 0 atom stereocenters. The Kier molecular flexibility index (Phi) is 13.0. The van der Waals surface area contributed by atoms with Crippen molar-refractivity contribution in [3.05, 3.63) is 35.4 Å². The van der Waals surface area contributed by atoms with Crippen LogP contribution in [0.5, 0.6) is 0 Å². The van der Waals surface area contributed by atoms with Gasteiger partial charge in [-0.15, -0.1) is 0 Å². The van der Waals surface area contributed by atoms with E-state index in [2.05, 4.69) is 5.48 Å². The smallest absolute Gasteiger partial charge is 0.354 e. The molecule has 0 aliphatic carbocycles. The molecule has 0 amide bonds. The van der Waals surface area contributed by atoms with Gasteiger partial charge in [0.25, 0.3) is 0 Å². The van der Waals surface area contributed by atoms with Crippen LogP contribution in [-0.2, 0) is 20.0 Å². The molecule has 0 saturated carbocycles. The molecule has 1 aromatic carbocycles. The minimum Gasteiger partial charge on any atom is -0.478 e. The second-order valence-corrected chi connectivity index (χ2v) is 3.76. The summed E-state index contributed by atoms with van der Waals surface area (Å²) >= 11 is 0. The first-order valence-corrected chi connectivity index (χ1v) is 5.40. The van der Waals surface area contributed by atoms with Crippen LogP contribution >= 0.6 is 0 Å². The van der Waals surface area contributed by atoms with Gasteiger partial charge >= 0.3 is 17.5 Å². The average Bonchev–Trinajstić information content (AvgIpc) is 2.29. The van der Waals surface area contributed by atoms with Crippen molar-refractivity contribution in [3.8, 4) is 0 Å². The molecule has 8 heteroatoms. The number of carbonyl (C=O) groups is 2. The molecule has 0 bridgehead atoms. The van der Waals surface area contributed by atoms with Crippen LogP contribution in [0.15, 0.2) is 24.3 Å². The van der Waals surface area contributed by atoms with Crippen molar-refractivity contribution < 1.29 is 24.6 Å². The van der Waals surface area contributed by atoms with Crippen LogP contribution in [0.2, 0.25) is 0 Å². The van der Waals surface area contributed by atoms with Crippen LogP contribution in [0.1, 0.15) is 18.1 Å². The third-order valence-electron chi connectivity index (χ3n) is 2.40. The minimum atomic E-state index is -2.44. The summed E-state index contributed by atoms with van der Waals surface area (Å²) in [5.41, 5.74) is 0.674. The normalized spacial score (nSPS) is 10.1. The summed E-state index contributed by atoms with van der Waals surface area (Å²) in [6.45, 7) is 3.70. The number of hydroxylamine groups is 1. The maximum atomic E-state index is 11.3. The van der Waals surface area contributed by atoms with E-state index in [1.807, 2.05) is 0 Å². The molecule has 0 fully saturated rings. The van der Waals surface area contributed by atoms with E-state index in [0.717, 1.165) is 5.56 Å². The molecule has 0 saturated heterocycles. The molecular weight excluding hydrogens is 316 g/mol. The van der Waals surface area contributed by atoms with Crippen molar-refractivity contribution in [2.24, 2.45) is 0 Å². The third-order valence-corrected chi connectivity index (χ3v) is 2.40. The largest absolute Gasteiger partial charge is 0.478 e. The van der Waals surface area contributed by atoms with E-state index < -0.39 is 17.5 Å². The van der Waals surface area contributed by atoms with Gasteiger partial charge in [-0.3, -0.25) is 4.84 Å². The Bertz CT molecular complexity index is 453. The maximum absolute atomic E-state index is 11.3. The number of carboxylic acids is 2. The van der Waals surface area contributed by atoms with Crippen molar-refractivity contribution in [1.29, 1.82) is 0 Å². The molecule has 0 unspecified atom stereocenters. The van der Waals surface area contributed by atoms with Gasteiger partial charge in [-0.1, -0.05) is 36.8 Å². The topological polar surface area (TPSA) is 95.9 Å². The Morgan fingerprint density at radius 1 is 1.25 bits per heavy atom. The standard InChI is InChI=1S/C12H15NO5.2K/c1-3-13-18-12(10(14)15,11(16)17)9-6-4-5-8(2)7-9;;/h4-7,13H,3H2,1-2H3,(H,14,15)(H,16,17);;. The fourth-order valence-corrected chi connectivity index (χ4v) is 1.53. The van der Waals surface area contributed by atoms with Gasteiger partial charge in [0, 0.05) is 115 Å². The summed E-state index contributed by atoms with van der Waals surface area (Å²) in [6, 6.07) is 6.21. The van der Waals surface area contributed by atoms with Crippen LogP contribution in [0, 0.1) is 6.92 Å². The SMILES string of the molecule is CCNOC(C(=O)O)(C(=O)O)c1cccc(C)c1.[K].[K]. The number of aliphatic carboxylic acids is 2. The first-order chi connectivity index (χ1) is 8.45. The fraction of sp³-hybridized carbons (Fsp3) is 0.333. The van der Waals surface area contributed by atoms with Crippen LogP contribution in [0.4, 0.5) is 0 Å². The Morgan fingerprint density at radius 3 is 2.20 bits per heavy atom. The van der Waals surface area contributed by atoms with Crippen molar-refractivity contribution in [2.45, 2.75) is 19.4 Å². The second-order valence-electron chi connectivity index (χ2n) is 3.76. The summed E-state index contributed by atoms with van der Waals surface area (Å²) in [6.07, 6.45) is 0. The van der Waals surface area contributed by atoms with E-state index in [4.69, 9.17) is 4.84 Å².